The fraction of sp³-hybridized carbons (Fsp3) is 0.333. The molecular weight excluding hydrogens is 206 g/mol. The van der Waals surface area contributed by atoms with Gasteiger partial charge in [-0.3, -0.25) is 4.79 Å². The van der Waals surface area contributed by atoms with Gasteiger partial charge in [0.05, 0.1) is 12.2 Å². The number of carbonyl (C=O) groups excluding carboxylic acids is 2. The third-order valence-electron chi connectivity index (χ3n) is 2.24. The van der Waals surface area contributed by atoms with E-state index in [1.807, 2.05) is 0 Å². The fourth-order valence-corrected chi connectivity index (χ4v) is 1.22. The van der Waals surface area contributed by atoms with Crippen molar-refractivity contribution in [3.8, 4) is 0 Å². The minimum Gasteiger partial charge on any atom is -0.462 e. The van der Waals surface area contributed by atoms with Gasteiger partial charge in [0.1, 0.15) is 0 Å². The van der Waals surface area contributed by atoms with Gasteiger partial charge < -0.3 is 9.64 Å². The Bertz CT molecular complexity index is 384. The van der Waals surface area contributed by atoms with Gasteiger partial charge in [-0.25, -0.2) is 4.79 Å². The SMILES string of the molecule is CCOC(=O)c1ccc(N(C)C(C)=O)cc1. The number of rotatable bonds is 3. The van der Waals surface area contributed by atoms with Crippen molar-refractivity contribution in [2.75, 3.05) is 18.6 Å². The number of esters is 1. The predicted octanol–water partition coefficient (Wildman–Crippen LogP) is 1.85. The summed E-state index contributed by atoms with van der Waals surface area (Å²) in [5, 5.41) is 0. The maximum absolute atomic E-state index is 11.4. The molecule has 0 heterocycles. The zero-order valence-electron chi connectivity index (χ0n) is 9.69. The second kappa shape index (κ2) is 5.30. The number of ether oxygens (including phenoxy) is 1. The molecule has 0 bridgehead atoms. The molecule has 0 aromatic heterocycles. The van der Waals surface area contributed by atoms with Crippen LogP contribution in [0.15, 0.2) is 24.3 Å². The van der Waals surface area contributed by atoms with Crippen LogP contribution in [0.3, 0.4) is 0 Å². The molecule has 4 nitrogen and oxygen atoms in total. The lowest BCUT2D eigenvalue weighted by Crippen LogP contribution is -2.22. The standard InChI is InChI=1S/C12H15NO3/c1-4-16-12(15)10-5-7-11(8-6-10)13(3)9(2)14/h5-8H,4H2,1-3H3. The molecule has 1 rings (SSSR count). The van der Waals surface area contributed by atoms with E-state index < -0.39 is 0 Å². The van der Waals surface area contributed by atoms with Gasteiger partial charge in [-0.2, -0.15) is 0 Å². The zero-order chi connectivity index (χ0) is 12.1. The van der Waals surface area contributed by atoms with Crippen LogP contribution in [0, 0.1) is 0 Å². The van der Waals surface area contributed by atoms with Gasteiger partial charge in [-0.15, -0.1) is 0 Å². The van der Waals surface area contributed by atoms with Crippen LogP contribution >= 0.6 is 0 Å². The highest BCUT2D eigenvalue weighted by atomic mass is 16.5. The van der Waals surface area contributed by atoms with Crippen molar-refractivity contribution >= 4 is 17.6 Å². The van der Waals surface area contributed by atoms with E-state index >= 15 is 0 Å². The molecule has 0 radical (unpaired) electrons. The number of hydrogen-bond acceptors (Lipinski definition) is 3. The molecule has 0 fully saturated rings. The highest BCUT2D eigenvalue weighted by Crippen LogP contribution is 2.14. The van der Waals surface area contributed by atoms with Crippen LogP contribution < -0.4 is 4.90 Å². The van der Waals surface area contributed by atoms with Crippen molar-refractivity contribution in [3.05, 3.63) is 29.8 Å². The molecule has 0 saturated heterocycles. The topological polar surface area (TPSA) is 46.6 Å². The van der Waals surface area contributed by atoms with Crippen LogP contribution in [0.1, 0.15) is 24.2 Å². The molecule has 0 aliphatic carbocycles. The number of anilines is 1. The first-order valence-corrected chi connectivity index (χ1v) is 5.07. The van der Waals surface area contributed by atoms with Gasteiger partial charge in [-0.05, 0) is 31.2 Å². The molecule has 0 saturated carbocycles. The van der Waals surface area contributed by atoms with Crippen molar-refractivity contribution in [1.29, 1.82) is 0 Å². The van der Waals surface area contributed by atoms with Gasteiger partial charge >= 0.3 is 5.97 Å². The highest BCUT2D eigenvalue weighted by molar-refractivity contribution is 5.93. The Morgan fingerprint density at radius 3 is 2.25 bits per heavy atom. The molecule has 1 aromatic rings. The monoisotopic (exact) mass is 221 g/mol. The van der Waals surface area contributed by atoms with Crippen LogP contribution in [0.2, 0.25) is 0 Å². The molecule has 86 valence electrons. The number of amides is 1. The number of nitrogens with zero attached hydrogens (tertiary/aromatic N) is 1. The Labute approximate surface area is 94.8 Å². The largest absolute Gasteiger partial charge is 0.462 e. The lowest BCUT2D eigenvalue weighted by Gasteiger charge is -2.14. The predicted molar refractivity (Wildman–Crippen MR) is 61.5 cm³/mol. The molecule has 0 aliphatic rings. The Kier molecular flexibility index (Phi) is 4.05. The summed E-state index contributed by atoms with van der Waals surface area (Å²) >= 11 is 0. The maximum Gasteiger partial charge on any atom is 0.338 e. The third kappa shape index (κ3) is 2.82. The molecule has 1 amide bonds. The maximum atomic E-state index is 11.4. The Balaban J connectivity index is 2.83. The minimum atomic E-state index is -0.348. The summed E-state index contributed by atoms with van der Waals surface area (Å²) in [6.45, 7) is 3.60. The molecular formula is C12H15NO3. The molecule has 0 aliphatic heterocycles. The first-order valence-electron chi connectivity index (χ1n) is 5.07. The van der Waals surface area contributed by atoms with Crippen molar-refractivity contribution in [3.63, 3.8) is 0 Å². The van der Waals surface area contributed by atoms with Gasteiger partial charge in [0.2, 0.25) is 5.91 Å². The zero-order valence-corrected chi connectivity index (χ0v) is 9.69. The molecule has 0 atom stereocenters. The summed E-state index contributed by atoms with van der Waals surface area (Å²) in [6, 6.07) is 6.72. The molecule has 0 unspecified atom stereocenters. The lowest BCUT2D eigenvalue weighted by molar-refractivity contribution is -0.116. The van der Waals surface area contributed by atoms with Gasteiger partial charge in [0.15, 0.2) is 0 Å². The van der Waals surface area contributed by atoms with Crippen molar-refractivity contribution in [2.45, 2.75) is 13.8 Å². The van der Waals surface area contributed by atoms with E-state index in [-0.39, 0.29) is 11.9 Å². The van der Waals surface area contributed by atoms with Gasteiger partial charge in [0.25, 0.3) is 0 Å². The quantitative estimate of drug-likeness (QED) is 0.732. The van der Waals surface area contributed by atoms with Crippen LogP contribution in [0.4, 0.5) is 5.69 Å². The Morgan fingerprint density at radius 2 is 1.81 bits per heavy atom. The summed E-state index contributed by atoms with van der Waals surface area (Å²) in [4.78, 5) is 24.0. The average Bonchev–Trinajstić information content (AvgIpc) is 2.28. The second-order valence-electron chi connectivity index (χ2n) is 3.35. The van der Waals surface area contributed by atoms with Crippen molar-refractivity contribution in [1.82, 2.24) is 0 Å². The Hall–Kier alpha value is -1.84. The first-order chi connectivity index (χ1) is 7.56. The first kappa shape index (κ1) is 12.2. The number of carbonyl (C=O) groups is 2. The van der Waals surface area contributed by atoms with E-state index in [4.69, 9.17) is 4.74 Å². The van der Waals surface area contributed by atoms with Crippen LogP contribution in [0.5, 0.6) is 0 Å². The molecule has 4 heteroatoms. The van der Waals surface area contributed by atoms with E-state index in [2.05, 4.69) is 0 Å². The Morgan fingerprint density at radius 1 is 1.25 bits per heavy atom. The minimum absolute atomic E-state index is 0.0520. The van der Waals surface area contributed by atoms with E-state index in [1.165, 1.54) is 11.8 Å². The van der Waals surface area contributed by atoms with Crippen LogP contribution in [-0.4, -0.2) is 25.5 Å². The third-order valence-corrected chi connectivity index (χ3v) is 2.24. The summed E-state index contributed by atoms with van der Waals surface area (Å²) < 4.78 is 4.86. The average molecular weight is 221 g/mol. The van der Waals surface area contributed by atoms with E-state index in [9.17, 15) is 9.59 Å². The summed E-state index contributed by atoms with van der Waals surface area (Å²) in [5.41, 5.74) is 1.24. The normalized spacial score (nSPS) is 9.69. The van der Waals surface area contributed by atoms with Crippen molar-refractivity contribution < 1.29 is 14.3 Å². The van der Waals surface area contributed by atoms with Crippen molar-refractivity contribution in [2.24, 2.45) is 0 Å². The fourth-order valence-electron chi connectivity index (χ4n) is 1.22. The van der Waals surface area contributed by atoms with E-state index in [0.29, 0.717) is 12.2 Å². The number of hydrogen-bond donors (Lipinski definition) is 0. The van der Waals surface area contributed by atoms with E-state index in [0.717, 1.165) is 5.69 Å². The smallest absolute Gasteiger partial charge is 0.338 e. The summed E-state index contributed by atoms with van der Waals surface area (Å²) in [5.74, 6) is -0.400. The molecule has 0 N–H and O–H groups in total. The van der Waals surface area contributed by atoms with E-state index in [1.54, 1.807) is 38.2 Å². The molecule has 1 aromatic carbocycles. The lowest BCUT2D eigenvalue weighted by atomic mass is 10.2. The van der Waals surface area contributed by atoms with Crippen LogP contribution in [-0.2, 0) is 9.53 Å². The summed E-state index contributed by atoms with van der Waals surface area (Å²) in [7, 11) is 1.68. The second-order valence-corrected chi connectivity index (χ2v) is 3.35. The van der Waals surface area contributed by atoms with Gasteiger partial charge in [-0.1, -0.05) is 0 Å². The van der Waals surface area contributed by atoms with Crippen LogP contribution in [0.25, 0.3) is 0 Å². The molecule has 16 heavy (non-hydrogen) atoms. The summed E-state index contributed by atoms with van der Waals surface area (Å²) in [6.07, 6.45) is 0. The van der Waals surface area contributed by atoms with Gasteiger partial charge in [0, 0.05) is 19.7 Å². The number of benzene rings is 1. The highest BCUT2D eigenvalue weighted by Gasteiger charge is 2.08. The molecule has 0 spiro atoms.